The van der Waals surface area contributed by atoms with Gasteiger partial charge < -0.3 is 4.74 Å². The molecule has 0 spiro atoms. The van der Waals surface area contributed by atoms with Crippen molar-refractivity contribution in [3.8, 4) is 5.75 Å². The number of carbonyl (C=O) groups excluding carboxylic acids is 2. The molecule has 0 aliphatic heterocycles. The van der Waals surface area contributed by atoms with E-state index in [9.17, 15) is 22.8 Å². The molecule has 2 N–H and O–H groups in total. The summed E-state index contributed by atoms with van der Waals surface area (Å²) in [5.41, 5.74) is 4.46. The number of sulfone groups is 1. The van der Waals surface area contributed by atoms with Crippen LogP contribution in [-0.2, 0) is 21.2 Å². The number of nitrogens with one attached hydrogen (secondary N) is 2. The summed E-state index contributed by atoms with van der Waals surface area (Å²) >= 11 is 0. The largest absolute Gasteiger partial charge is 0.494 e. The van der Waals surface area contributed by atoms with Gasteiger partial charge in [0.05, 0.1) is 16.9 Å². The van der Waals surface area contributed by atoms with Crippen LogP contribution in [-0.4, -0.2) is 42.9 Å². The van der Waals surface area contributed by atoms with Crippen molar-refractivity contribution in [3.63, 3.8) is 0 Å². The quantitative estimate of drug-likeness (QED) is 0.348. The minimum Gasteiger partial charge on any atom is -0.494 e. The molecule has 0 bridgehead atoms. The maximum absolute atomic E-state index is 12.7. The molecule has 3 aromatic rings. The first-order valence-electron chi connectivity index (χ1n) is 10.7. The van der Waals surface area contributed by atoms with E-state index >= 15 is 0 Å². The Kier molecular flexibility index (Phi) is 8.00. The predicted octanol–water partition coefficient (Wildman–Crippen LogP) is 1.83. The van der Waals surface area contributed by atoms with Gasteiger partial charge in [-0.05, 0) is 43.2 Å². The van der Waals surface area contributed by atoms with Gasteiger partial charge in [-0.2, -0.15) is 5.10 Å². The van der Waals surface area contributed by atoms with Gasteiger partial charge in [-0.1, -0.05) is 25.1 Å². The second-order valence-electron chi connectivity index (χ2n) is 7.62. The lowest BCUT2D eigenvalue weighted by molar-refractivity contribution is -0.122. The molecule has 180 valence electrons. The summed E-state index contributed by atoms with van der Waals surface area (Å²) < 4.78 is 29.7. The van der Waals surface area contributed by atoms with E-state index < -0.39 is 21.7 Å². The summed E-state index contributed by atoms with van der Waals surface area (Å²) in [4.78, 5) is 37.5. The van der Waals surface area contributed by atoms with Gasteiger partial charge in [-0.3, -0.25) is 25.2 Å². The van der Waals surface area contributed by atoms with Crippen molar-refractivity contribution in [2.75, 3.05) is 12.9 Å². The van der Waals surface area contributed by atoms with Crippen molar-refractivity contribution >= 4 is 32.4 Å². The standard InChI is InChI=1S/C23H26N4O6S/c1-3-14-27-23(30)19-8-5-4-7-18(19)21(26-27)22(29)25-24-20(28)9-6-15-33-16-10-12-17(13-11-16)34(2,31)32/h4-5,7-8,10-13H,3,6,9,14-15H2,1-2H3,(H,24,28)(H,25,29). The molecule has 34 heavy (non-hydrogen) atoms. The Morgan fingerprint density at radius 2 is 1.71 bits per heavy atom. The number of benzene rings is 2. The molecule has 11 heteroatoms. The van der Waals surface area contributed by atoms with E-state index in [1.807, 2.05) is 6.92 Å². The number of hydrazine groups is 1. The Hall–Kier alpha value is -3.73. The fourth-order valence-corrected chi connectivity index (χ4v) is 3.85. The SMILES string of the molecule is CCCn1nc(C(=O)NNC(=O)CCCOc2ccc(S(C)(=O)=O)cc2)c2ccccc2c1=O. The van der Waals surface area contributed by atoms with Crippen LogP contribution in [0.1, 0.15) is 36.7 Å². The topological polar surface area (TPSA) is 136 Å². The third-order valence-corrected chi connectivity index (χ3v) is 6.03. The van der Waals surface area contributed by atoms with E-state index in [2.05, 4.69) is 16.0 Å². The molecule has 0 saturated carbocycles. The van der Waals surface area contributed by atoms with Crippen molar-refractivity contribution in [2.24, 2.45) is 0 Å². The summed E-state index contributed by atoms with van der Waals surface area (Å²) in [6, 6.07) is 12.7. The van der Waals surface area contributed by atoms with Gasteiger partial charge in [0, 0.05) is 24.6 Å². The number of rotatable bonds is 9. The lowest BCUT2D eigenvalue weighted by Crippen LogP contribution is -2.42. The molecule has 2 amide bonds. The fraction of sp³-hybridized carbons (Fsp3) is 0.304. The van der Waals surface area contributed by atoms with E-state index in [4.69, 9.17) is 4.74 Å². The highest BCUT2D eigenvalue weighted by atomic mass is 32.2. The predicted molar refractivity (Wildman–Crippen MR) is 126 cm³/mol. The number of carbonyl (C=O) groups is 2. The highest BCUT2D eigenvalue weighted by Crippen LogP contribution is 2.16. The molecule has 1 heterocycles. The highest BCUT2D eigenvalue weighted by Gasteiger charge is 2.17. The summed E-state index contributed by atoms with van der Waals surface area (Å²) in [5, 5.41) is 4.96. The number of hydrogen-bond donors (Lipinski definition) is 2. The van der Waals surface area contributed by atoms with E-state index in [0.717, 1.165) is 6.26 Å². The Labute approximate surface area is 196 Å². The number of ether oxygens (including phenoxy) is 1. The molecular formula is C23H26N4O6S. The van der Waals surface area contributed by atoms with Crippen molar-refractivity contribution in [1.82, 2.24) is 20.6 Å². The number of hydrogen-bond acceptors (Lipinski definition) is 7. The second-order valence-corrected chi connectivity index (χ2v) is 9.64. The van der Waals surface area contributed by atoms with Crippen LogP contribution in [0, 0.1) is 0 Å². The van der Waals surface area contributed by atoms with Crippen molar-refractivity contribution in [2.45, 2.75) is 37.6 Å². The molecule has 3 rings (SSSR count). The zero-order valence-corrected chi connectivity index (χ0v) is 19.7. The molecule has 0 aliphatic carbocycles. The molecule has 0 aliphatic rings. The molecular weight excluding hydrogens is 460 g/mol. The van der Waals surface area contributed by atoms with Gasteiger partial charge in [0.1, 0.15) is 5.75 Å². The summed E-state index contributed by atoms with van der Waals surface area (Å²) in [5.74, 6) is -0.562. The number of aryl methyl sites for hydroxylation is 1. The number of aromatic nitrogens is 2. The molecule has 0 unspecified atom stereocenters. The van der Waals surface area contributed by atoms with Gasteiger partial charge in [-0.25, -0.2) is 13.1 Å². The molecule has 10 nitrogen and oxygen atoms in total. The van der Waals surface area contributed by atoms with Crippen molar-refractivity contribution in [3.05, 3.63) is 64.6 Å². The van der Waals surface area contributed by atoms with Crippen molar-refractivity contribution in [1.29, 1.82) is 0 Å². The van der Waals surface area contributed by atoms with E-state index in [-0.39, 0.29) is 29.2 Å². The smallest absolute Gasteiger partial charge is 0.290 e. The van der Waals surface area contributed by atoms with Crippen LogP contribution in [0.4, 0.5) is 0 Å². The molecule has 2 aromatic carbocycles. The number of fused-ring (bicyclic) bond motifs is 1. The first kappa shape index (κ1) is 24.9. The van der Waals surface area contributed by atoms with E-state index in [1.165, 1.54) is 16.8 Å². The van der Waals surface area contributed by atoms with Gasteiger partial charge in [0.25, 0.3) is 11.5 Å². The maximum Gasteiger partial charge on any atom is 0.290 e. The van der Waals surface area contributed by atoms with E-state index in [1.54, 1.807) is 36.4 Å². The number of nitrogens with zero attached hydrogens (tertiary/aromatic N) is 2. The van der Waals surface area contributed by atoms with Crippen LogP contribution >= 0.6 is 0 Å². The monoisotopic (exact) mass is 486 g/mol. The Bertz CT molecular complexity index is 1350. The van der Waals surface area contributed by atoms with Crippen LogP contribution in [0.25, 0.3) is 10.8 Å². The van der Waals surface area contributed by atoms with Crippen LogP contribution in [0.5, 0.6) is 5.75 Å². The van der Waals surface area contributed by atoms with Gasteiger partial charge >= 0.3 is 0 Å². The highest BCUT2D eigenvalue weighted by molar-refractivity contribution is 7.90. The van der Waals surface area contributed by atoms with Crippen LogP contribution < -0.4 is 21.1 Å². The summed E-state index contributed by atoms with van der Waals surface area (Å²) in [7, 11) is -3.27. The first-order chi connectivity index (χ1) is 16.2. The third kappa shape index (κ3) is 6.19. The Morgan fingerprint density at radius 3 is 2.35 bits per heavy atom. The summed E-state index contributed by atoms with van der Waals surface area (Å²) in [6.45, 7) is 2.50. The number of amides is 2. The van der Waals surface area contributed by atoms with Crippen LogP contribution in [0.15, 0.2) is 58.2 Å². The normalized spacial score (nSPS) is 11.2. The minimum atomic E-state index is -3.27. The zero-order chi connectivity index (χ0) is 24.7. The maximum atomic E-state index is 12.7. The van der Waals surface area contributed by atoms with Crippen LogP contribution in [0.2, 0.25) is 0 Å². The molecule has 0 fully saturated rings. The van der Waals surface area contributed by atoms with Crippen molar-refractivity contribution < 1.29 is 22.7 Å². The summed E-state index contributed by atoms with van der Waals surface area (Å²) in [6.07, 6.45) is 2.26. The Balaban J connectivity index is 1.52. The van der Waals surface area contributed by atoms with Gasteiger partial charge in [-0.15, -0.1) is 0 Å². The average Bonchev–Trinajstić information content (AvgIpc) is 2.82. The first-order valence-corrected chi connectivity index (χ1v) is 12.6. The lowest BCUT2D eigenvalue weighted by atomic mass is 10.1. The lowest BCUT2D eigenvalue weighted by Gasteiger charge is -2.11. The Morgan fingerprint density at radius 1 is 1.03 bits per heavy atom. The molecule has 1 aromatic heterocycles. The average molecular weight is 487 g/mol. The van der Waals surface area contributed by atoms with Gasteiger partial charge in [0.2, 0.25) is 5.91 Å². The fourth-order valence-electron chi connectivity index (χ4n) is 3.22. The zero-order valence-electron chi connectivity index (χ0n) is 18.9. The molecule has 0 radical (unpaired) electrons. The second kappa shape index (κ2) is 10.9. The molecule has 0 saturated heterocycles. The van der Waals surface area contributed by atoms with E-state index in [0.29, 0.717) is 35.9 Å². The van der Waals surface area contributed by atoms with Crippen LogP contribution in [0.3, 0.4) is 0 Å². The minimum absolute atomic E-state index is 0.0461. The molecule has 0 atom stereocenters. The third-order valence-electron chi connectivity index (χ3n) is 4.90. The van der Waals surface area contributed by atoms with Gasteiger partial charge in [0.15, 0.2) is 15.5 Å².